The molecule has 0 radical (unpaired) electrons. The van der Waals surface area contributed by atoms with Gasteiger partial charge in [0.1, 0.15) is 18.1 Å². The molecule has 3 aromatic rings. The van der Waals surface area contributed by atoms with Gasteiger partial charge in [0, 0.05) is 17.3 Å². The van der Waals surface area contributed by atoms with E-state index in [4.69, 9.17) is 20.9 Å². The van der Waals surface area contributed by atoms with Crippen LogP contribution in [0.2, 0.25) is 5.02 Å². The van der Waals surface area contributed by atoms with Gasteiger partial charge in [-0.25, -0.2) is 0 Å². The summed E-state index contributed by atoms with van der Waals surface area (Å²) in [7, 11) is 0. The van der Waals surface area contributed by atoms with E-state index in [0.717, 1.165) is 18.5 Å². The number of aromatic nitrogens is 1. The molecule has 0 saturated heterocycles. The van der Waals surface area contributed by atoms with E-state index < -0.39 is 0 Å². The monoisotopic (exact) mass is 396 g/mol. The first-order valence-corrected chi connectivity index (χ1v) is 9.65. The van der Waals surface area contributed by atoms with Crippen LogP contribution in [0.15, 0.2) is 47.0 Å². The summed E-state index contributed by atoms with van der Waals surface area (Å²) in [4.78, 5) is 15.1. The van der Waals surface area contributed by atoms with Crippen LogP contribution in [0.3, 0.4) is 0 Å². The van der Waals surface area contributed by atoms with E-state index in [0.29, 0.717) is 34.3 Å². The number of anilines is 1. The van der Waals surface area contributed by atoms with E-state index in [2.05, 4.69) is 18.1 Å². The number of carbonyl (C=O) groups is 1. The molecular weight excluding hydrogens is 376 g/mol. The van der Waals surface area contributed by atoms with Crippen LogP contribution in [0.5, 0.6) is 5.75 Å². The molecule has 0 saturated carbocycles. The number of rotatable bonds is 4. The van der Waals surface area contributed by atoms with Crippen molar-refractivity contribution in [3.05, 3.63) is 75.6 Å². The van der Waals surface area contributed by atoms with Crippen molar-refractivity contribution < 1.29 is 14.1 Å². The van der Waals surface area contributed by atoms with E-state index in [1.54, 1.807) is 36.1 Å². The normalized spacial score (nSPS) is 13.3. The van der Waals surface area contributed by atoms with Crippen LogP contribution in [-0.4, -0.2) is 17.6 Å². The standard InChI is InChI=1S/C22H21ClN2O3/c1-14-5-10-20-16(12-14)4-3-11-25(20)22(26)21-19(15(2)28-24-21)13-27-18-8-6-17(23)7-9-18/h5-10,12H,3-4,11,13H2,1-2H3. The molecule has 0 bridgehead atoms. The van der Waals surface area contributed by atoms with Crippen molar-refractivity contribution >= 4 is 23.2 Å². The molecule has 1 aliphatic heterocycles. The zero-order chi connectivity index (χ0) is 19.7. The first-order valence-electron chi connectivity index (χ1n) is 9.28. The van der Waals surface area contributed by atoms with Gasteiger partial charge in [-0.15, -0.1) is 0 Å². The highest BCUT2D eigenvalue weighted by Crippen LogP contribution is 2.30. The molecule has 2 heterocycles. The molecule has 1 amide bonds. The third-order valence-corrected chi connectivity index (χ3v) is 5.23. The van der Waals surface area contributed by atoms with E-state index >= 15 is 0 Å². The molecule has 1 aromatic heterocycles. The van der Waals surface area contributed by atoms with Crippen molar-refractivity contribution in [1.29, 1.82) is 0 Å². The Morgan fingerprint density at radius 2 is 2.00 bits per heavy atom. The third kappa shape index (κ3) is 3.62. The van der Waals surface area contributed by atoms with Crippen molar-refractivity contribution in [2.24, 2.45) is 0 Å². The van der Waals surface area contributed by atoms with Gasteiger partial charge < -0.3 is 14.2 Å². The van der Waals surface area contributed by atoms with Crippen LogP contribution in [-0.2, 0) is 13.0 Å². The van der Waals surface area contributed by atoms with Crippen LogP contribution >= 0.6 is 11.6 Å². The van der Waals surface area contributed by atoms with E-state index in [-0.39, 0.29) is 12.5 Å². The number of amides is 1. The minimum absolute atomic E-state index is 0.156. The van der Waals surface area contributed by atoms with E-state index in [1.165, 1.54) is 11.1 Å². The fraction of sp³-hybridized carbons (Fsp3) is 0.273. The van der Waals surface area contributed by atoms with Crippen LogP contribution in [0.4, 0.5) is 5.69 Å². The minimum Gasteiger partial charge on any atom is -0.489 e. The maximum absolute atomic E-state index is 13.3. The number of benzene rings is 2. The topological polar surface area (TPSA) is 55.6 Å². The second-order valence-electron chi connectivity index (χ2n) is 7.00. The van der Waals surface area contributed by atoms with Crippen LogP contribution in [0.25, 0.3) is 0 Å². The number of hydrogen-bond acceptors (Lipinski definition) is 4. The summed E-state index contributed by atoms with van der Waals surface area (Å²) in [5.74, 6) is 1.09. The highest BCUT2D eigenvalue weighted by atomic mass is 35.5. The summed E-state index contributed by atoms with van der Waals surface area (Å²) in [6.07, 6.45) is 1.90. The second-order valence-corrected chi connectivity index (χ2v) is 7.44. The highest BCUT2D eigenvalue weighted by Gasteiger charge is 2.29. The lowest BCUT2D eigenvalue weighted by Gasteiger charge is -2.29. The predicted octanol–water partition coefficient (Wildman–Crippen LogP) is 5.12. The van der Waals surface area contributed by atoms with Crippen LogP contribution < -0.4 is 9.64 Å². The molecule has 144 valence electrons. The Hall–Kier alpha value is -2.79. The first-order chi connectivity index (χ1) is 13.5. The van der Waals surface area contributed by atoms with E-state index in [1.807, 2.05) is 12.1 Å². The number of carbonyl (C=O) groups excluding carboxylic acids is 1. The SMILES string of the molecule is Cc1ccc2c(c1)CCCN2C(=O)c1noc(C)c1COc1ccc(Cl)cc1. The zero-order valence-electron chi connectivity index (χ0n) is 15.9. The molecule has 0 unspecified atom stereocenters. The van der Waals surface area contributed by atoms with Gasteiger partial charge in [-0.05, 0) is 62.6 Å². The largest absolute Gasteiger partial charge is 0.489 e. The summed E-state index contributed by atoms with van der Waals surface area (Å²) < 4.78 is 11.1. The average molecular weight is 397 g/mol. The molecule has 0 fully saturated rings. The Kier molecular flexibility index (Phi) is 5.09. The third-order valence-electron chi connectivity index (χ3n) is 4.98. The average Bonchev–Trinajstić information content (AvgIpc) is 3.06. The Labute approximate surface area is 168 Å². The number of aryl methyl sites for hydroxylation is 3. The summed E-state index contributed by atoms with van der Waals surface area (Å²) in [6.45, 7) is 4.72. The van der Waals surface area contributed by atoms with Crippen molar-refractivity contribution in [1.82, 2.24) is 5.16 Å². The van der Waals surface area contributed by atoms with Crippen LogP contribution in [0.1, 0.15) is 39.4 Å². The zero-order valence-corrected chi connectivity index (χ0v) is 16.6. The molecule has 28 heavy (non-hydrogen) atoms. The molecule has 5 nitrogen and oxygen atoms in total. The molecule has 2 aromatic carbocycles. The van der Waals surface area contributed by atoms with Gasteiger partial charge in [-0.2, -0.15) is 0 Å². The van der Waals surface area contributed by atoms with Crippen LogP contribution in [0, 0.1) is 13.8 Å². The van der Waals surface area contributed by atoms with Gasteiger partial charge in [0.2, 0.25) is 0 Å². The lowest BCUT2D eigenvalue weighted by Crippen LogP contribution is -2.36. The van der Waals surface area contributed by atoms with E-state index in [9.17, 15) is 4.79 Å². The van der Waals surface area contributed by atoms with Gasteiger partial charge in [-0.3, -0.25) is 4.79 Å². The highest BCUT2D eigenvalue weighted by molar-refractivity contribution is 6.30. The van der Waals surface area contributed by atoms with Crippen molar-refractivity contribution in [3.63, 3.8) is 0 Å². The number of nitrogens with zero attached hydrogens (tertiary/aromatic N) is 2. The molecule has 0 atom stereocenters. The molecule has 4 rings (SSSR count). The molecule has 1 aliphatic rings. The van der Waals surface area contributed by atoms with Crippen molar-refractivity contribution in [2.45, 2.75) is 33.3 Å². The summed E-state index contributed by atoms with van der Waals surface area (Å²) in [5.41, 5.74) is 4.31. The minimum atomic E-state index is -0.156. The second kappa shape index (κ2) is 7.68. The smallest absolute Gasteiger partial charge is 0.280 e. The fourth-order valence-electron chi connectivity index (χ4n) is 3.48. The molecular formula is C22H21ClN2O3. The van der Waals surface area contributed by atoms with Gasteiger partial charge >= 0.3 is 0 Å². The lowest BCUT2D eigenvalue weighted by molar-refractivity contribution is 0.0974. The molecule has 6 heteroatoms. The van der Waals surface area contributed by atoms with Gasteiger partial charge in [0.15, 0.2) is 5.69 Å². The van der Waals surface area contributed by atoms with Crippen molar-refractivity contribution in [2.75, 3.05) is 11.4 Å². The lowest BCUT2D eigenvalue weighted by atomic mass is 9.99. The predicted molar refractivity (Wildman–Crippen MR) is 108 cm³/mol. The Bertz CT molecular complexity index is 1010. The molecule has 0 spiro atoms. The Morgan fingerprint density at radius 3 is 2.79 bits per heavy atom. The van der Waals surface area contributed by atoms with Gasteiger partial charge in [-0.1, -0.05) is 34.5 Å². The Morgan fingerprint density at radius 1 is 1.21 bits per heavy atom. The maximum Gasteiger partial charge on any atom is 0.280 e. The van der Waals surface area contributed by atoms with Gasteiger partial charge in [0.25, 0.3) is 5.91 Å². The summed E-state index contributed by atoms with van der Waals surface area (Å²) >= 11 is 5.91. The van der Waals surface area contributed by atoms with Gasteiger partial charge in [0.05, 0.1) is 5.56 Å². The summed E-state index contributed by atoms with van der Waals surface area (Å²) in [6, 6.07) is 13.3. The first kappa shape index (κ1) is 18.6. The maximum atomic E-state index is 13.3. The van der Waals surface area contributed by atoms with Crippen molar-refractivity contribution in [3.8, 4) is 5.75 Å². The quantitative estimate of drug-likeness (QED) is 0.614. The molecule has 0 N–H and O–H groups in total. The number of fused-ring (bicyclic) bond motifs is 1. The Balaban J connectivity index is 1.59. The number of halogens is 1. The fourth-order valence-corrected chi connectivity index (χ4v) is 3.61. The number of hydrogen-bond donors (Lipinski definition) is 0. The number of ether oxygens (including phenoxy) is 1. The molecule has 0 aliphatic carbocycles. The summed E-state index contributed by atoms with van der Waals surface area (Å²) in [5, 5.41) is 4.68.